The van der Waals surface area contributed by atoms with Gasteiger partial charge in [0.15, 0.2) is 12.0 Å². The smallest absolute Gasteiger partial charge is 0.181 e. The third kappa shape index (κ3) is 1.60. The Morgan fingerprint density at radius 1 is 1.46 bits per heavy atom. The first-order valence-corrected chi connectivity index (χ1v) is 4.01. The van der Waals surface area contributed by atoms with E-state index in [-0.39, 0.29) is 6.61 Å². The minimum Gasteiger partial charge on any atom is -0.443 e. The zero-order valence-corrected chi connectivity index (χ0v) is 6.97. The highest BCUT2D eigenvalue weighted by molar-refractivity contribution is 5.75. The van der Waals surface area contributed by atoms with Crippen LogP contribution in [0.2, 0.25) is 0 Å². The molecule has 0 saturated heterocycles. The summed E-state index contributed by atoms with van der Waals surface area (Å²) in [7, 11) is 0. The standard InChI is InChI=1S/C10H9NO2/c12-5-1-2-8-3-4-10-9(6-8)11-7-13-10/h1-4,6-7,12H,5H2. The van der Waals surface area contributed by atoms with Crippen molar-refractivity contribution in [2.75, 3.05) is 6.61 Å². The summed E-state index contributed by atoms with van der Waals surface area (Å²) < 4.78 is 5.09. The van der Waals surface area contributed by atoms with Crippen LogP contribution in [0.15, 0.2) is 35.1 Å². The van der Waals surface area contributed by atoms with Gasteiger partial charge in [-0.3, -0.25) is 0 Å². The maximum atomic E-state index is 8.58. The second-order valence-corrected chi connectivity index (χ2v) is 2.66. The minimum atomic E-state index is 0.0524. The second-order valence-electron chi connectivity index (χ2n) is 2.66. The van der Waals surface area contributed by atoms with Crippen LogP contribution in [0.1, 0.15) is 5.56 Å². The van der Waals surface area contributed by atoms with Crippen molar-refractivity contribution in [1.29, 1.82) is 0 Å². The molecule has 3 nitrogen and oxygen atoms in total. The first-order chi connectivity index (χ1) is 6.40. The predicted molar refractivity (Wildman–Crippen MR) is 50.1 cm³/mol. The number of rotatable bonds is 2. The lowest BCUT2D eigenvalue weighted by Gasteiger charge is -1.91. The van der Waals surface area contributed by atoms with E-state index in [1.807, 2.05) is 24.3 Å². The average molecular weight is 175 g/mol. The summed E-state index contributed by atoms with van der Waals surface area (Å²) in [6.07, 6.45) is 4.94. The van der Waals surface area contributed by atoms with Gasteiger partial charge in [-0.2, -0.15) is 0 Å². The van der Waals surface area contributed by atoms with Crippen LogP contribution < -0.4 is 0 Å². The Labute approximate surface area is 75.3 Å². The molecule has 0 aliphatic carbocycles. The van der Waals surface area contributed by atoms with E-state index in [4.69, 9.17) is 9.52 Å². The molecule has 0 unspecified atom stereocenters. The molecule has 1 N–H and O–H groups in total. The summed E-state index contributed by atoms with van der Waals surface area (Å²) in [6, 6.07) is 5.68. The van der Waals surface area contributed by atoms with Crippen LogP contribution in [0.3, 0.4) is 0 Å². The van der Waals surface area contributed by atoms with Gasteiger partial charge in [-0.25, -0.2) is 4.98 Å². The fourth-order valence-electron chi connectivity index (χ4n) is 1.17. The number of hydrogen-bond donors (Lipinski definition) is 1. The molecule has 3 heteroatoms. The normalized spacial score (nSPS) is 11.5. The summed E-state index contributed by atoms with van der Waals surface area (Å²) in [5.41, 5.74) is 2.62. The molecule has 0 aliphatic rings. The molecule has 1 aromatic carbocycles. The van der Waals surface area contributed by atoms with Crippen LogP contribution in [-0.4, -0.2) is 16.7 Å². The van der Waals surface area contributed by atoms with E-state index in [9.17, 15) is 0 Å². The van der Waals surface area contributed by atoms with E-state index < -0.39 is 0 Å². The molecule has 2 aromatic rings. The highest BCUT2D eigenvalue weighted by Gasteiger charge is 1.96. The number of benzene rings is 1. The van der Waals surface area contributed by atoms with Gasteiger partial charge in [0.1, 0.15) is 5.52 Å². The maximum absolute atomic E-state index is 8.58. The zero-order chi connectivity index (χ0) is 9.10. The molecule has 0 aliphatic heterocycles. The molecule has 0 spiro atoms. The summed E-state index contributed by atoms with van der Waals surface area (Å²) in [6.45, 7) is 0.0524. The quantitative estimate of drug-likeness (QED) is 0.757. The number of aromatic nitrogens is 1. The van der Waals surface area contributed by atoms with Gasteiger partial charge in [0.25, 0.3) is 0 Å². The summed E-state index contributed by atoms with van der Waals surface area (Å²) in [5, 5.41) is 8.58. The topological polar surface area (TPSA) is 46.3 Å². The van der Waals surface area contributed by atoms with Crippen LogP contribution in [0.4, 0.5) is 0 Å². The summed E-state index contributed by atoms with van der Waals surface area (Å²) in [5.74, 6) is 0. The van der Waals surface area contributed by atoms with E-state index in [0.29, 0.717) is 0 Å². The lowest BCUT2D eigenvalue weighted by Crippen LogP contribution is -1.75. The van der Waals surface area contributed by atoms with Gasteiger partial charge in [0.05, 0.1) is 6.61 Å². The number of fused-ring (bicyclic) bond motifs is 1. The maximum Gasteiger partial charge on any atom is 0.181 e. The molecule has 0 radical (unpaired) electrons. The van der Waals surface area contributed by atoms with Crippen LogP contribution in [-0.2, 0) is 0 Å². The first kappa shape index (κ1) is 8.01. The number of aliphatic hydroxyl groups is 1. The molecular weight excluding hydrogens is 166 g/mol. The summed E-state index contributed by atoms with van der Waals surface area (Å²) in [4.78, 5) is 4.02. The fraction of sp³-hybridized carbons (Fsp3) is 0.100. The van der Waals surface area contributed by atoms with Crippen molar-refractivity contribution in [3.63, 3.8) is 0 Å². The largest absolute Gasteiger partial charge is 0.443 e. The van der Waals surface area contributed by atoms with E-state index in [0.717, 1.165) is 16.7 Å². The Hall–Kier alpha value is -1.61. The molecule has 0 fully saturated rings. The monoisotopic (exact) mass is 175 g/mol. The number of nitrogens with zero attached hydrogens (tertiary/aromatic N) is 1. The van der Waals surface area contributed by atoms with Crippen molar-refractivity contribution in [3.05, 3.63) is 36.2 Å². The van der Waals surface area contributed by atoms with Gasteiger partial charge in [0, 0.05) is 0 Å². The van der Waals surface area contributed by atoms with Crippen LogP contribution >= 0.6 is 0 Å². The Kier molecular flexibility index (Phi) is 2.10. The Morgan fingerprint density at radius 3 is 3.23 bits per heavy atom. The van der Waals surface area contributed by atoms with Crippen molar-refractivity contribution in [2.45, 2.75) is 0 Å². The van der Waals surface area contributed by atoms with Crippen molar-refractivity contribution in [3.8, 4) is 0 Å². The van der Waals surface area contributed by atoms with Gasteiger partial charge in [0.2, 0.25) is 0 Å². The van der Waals surface area contributed by atoms with E-state index in [1.165, 1.54) is 6.39 Å². The zero-order valence-electron chi connectivity index (χ0n) is 6.97. The lowest BCUT2D eigenvalue weighted by atomic mass is 10.2. The van der Waals surface area contributed by atoms with Gasteiger partial charge in [-0.1, -0.05) is 18.2 Å². The highest BCUT2D eigenvalue weighted by Crippen LogP contribution is 2.14. The molecule has 2 rings (SSSR count). The number of aliphatic hydroxyl groups excluding tert-OH is 1. The fourth-order valence-corrected chi connectivity index (χ4v) is 1.17. The predicted octanol–water partition coefficient (Wildman–Crippen LogP) is 1.83. The molecular formula is C10H9NO2. The first-order valence-electron chi connectivity index (χ1n) is 4.01. The van der Waals surface area contributed by atoms with Gasteiger partial charge < -0.3 is 9.52 Å². The Balaban J connectivity index is 2.42. The van der Waals surface area contributed by atoms with Crippen molar-refractivity contribution >= 4 is 17.2 Å². The second kappa shape index (κ2) is 3.41. The Morgan fingerprint density at radius 2 is 2.38 bits per heavy atom. The third-order valence-corrected chi connectivity index (χ3v) is 1.77. The third-order valence-electron chi connectivity index (χ3n) is 1.77. The van der Waals surface area contributed by atoms with Gasteiger partial charge in [-0.15, -0.1) is 0 Å². The molecule has 0 bridgehead atoms. The molecule has 1 heterocycles. The minimum absolute atomic E-state index is 0.0524. The van der Waals surface area contributed by atoms with E-state index >= 15 is 0 Å². The van der Waals surface area contributed by atoms with Crippen LogP contribution in [0.25, 0.3) is 17.2 Å². The number of hydrogen-bond acceptors (Lipinski definition) is 3. The molecule has 1 aromatic heterocycles. The van der Waals surface area contributed by atoms with Crippen molar-refractivity contribution in [1.82, 2.24) is 4.98 Å². The molecule has 0 atom stereocenters. The molecule has 66 valence electrons. The van der Waals surface area contributed by atoms with Gasteiger partial charge >= 0.3 is 0 Å². The van der Waals surface area contributed by atoms with E-state index in [1.54, 1.807) is 6.08 Å². The van der Waals surface area contributed by atoms with Gasteiger partial charge in [-0.05, 0) is 17.7 Å². The highest BCUT2D eigenvalue weighted by atomic mass is 16.3. The number of oxazole rings is 1. The van der Waals surface area contributed by atoms with Crippen LogP contribution in [0.5, 0.6) is 0 Å². The van der Waals surface area contributed by atoms with Crippen LogP contribution in [0, 0.1) is 0 Å². The molecule has 0 saturated carbocycles. The molecule has 0 amide bonds. The average Bonchev–Trinajstić information content (AvgIpc) is 2.61. The van der Waals surface area contributed by atoms with E-state index in [2.05, 4.69) is 4.98 Å². The van der Waals surface area contributed by atoms with Crippen molar-refractivity contribution in [2.24, 2.45) is 0 Å². The summed E-state index contributed by atoms with van der Waals surface area (Å²) >= 11 is 0. The SMILES string of the molecule is OCC=Cc1ccc2ocnc2c1. The molecule has 13 heavy (non-hydrogen) atoms. The Bertz CT molecular complexity index is 431. The van der Waals surface area contributed by atoms with Crippen molar-refractivity contribution < 1.29 is 9.52 Å². The lowest BCUT2D eigenvalue weighted by molar-refractivity contribution is 0.343.